The summed E-state index contributed by atoms with van der Waals surface area (Å²) in [4.78, 5) is 15.4. The molecule has 0 saturated heterocycles. The van der Waals surface area contributed by atoms with Crippen LogP contribution in [0.25, 0.3) is 10.9 Å². The zero-order valence-electron chi connectivity index (χ0n) is 8.47. The maximum absolute atomic E-state index is 11.1. The van der Waals surface area contributed by atoms with Gasteiger partial charge >= 0.3 is 5.97 Å². The predicted octanol–water partition coefficient (Wildman–Crippen LogP) is 1.83. The molecule has 1 aliphatic rings. The molecule has 1 aromatic heterocycles. The molecule has 0 radical (unpaired) electrons. The summed E-state index contributed by atoms with van der Waals surface area (Å²) in [6.07, 6.45) is 1.71. The SMILES string of the molecule is O=C(O)C1CNc2cnc3ccccc3c21. The van der Waals surface area contributed by atoms with E-state index in [1.54, 1.807) is 6.20 Å². The molecule has 1 atom stereocenters. The van der Waals surface area contributed by atoms with Crippen LogP contribution in [0.3, 0.4) is 0 Å². The highest BCUT2D eigenvalue weighted by atomic mass is 16.4. The summed E-state index contributed by atoms with van der Waals surface area (Å²) in [5, 5.41) is 13.2. The Balaban J connectivity index is 2.33. The van der Waals surface area contributed by atoms with Crippen LogP contribution >= 0.6 is 0 Å². The van der Waals surface area contributed by atoms with Crippen LogP contribution in [-0.4, -0.2) is 22.6 Å². The smallest absolute Gasteiger partial charge is 0.312 e. The van der Waals surface area contributed by atoms with Crippen LogP contribution in [0.2, 0.25) is 0 Å². The molecule has 2 aromatic rings. The molecule has 1 unspecified atom stereocenters. The van der Waals surface area contributed by atoms with Crippen LogP contribution < -0.4 is 5.32 Å². The number of carbonyl (C=O) groups is 1. The first kappa shape index (κ1) is 9.15. The molecule has 2 N–H and O–H groups in total. The van der Waals surface area contributed by atoms with Gasteiger partial charge in [0.1, 0.15) is 5.92 Å². The molecule has 0 fully saturated rings. The van der Waals surface area contributed by atoms with E-state index in [0.717, 1.165) is 22.2 Å². The molecule has 1 aromatic carbocycles. The maximum Gasteiger partial charge on any atom is 0.312 e. The van der Waals surface area contributed by atoms with Gasteiger partial charge in [-0.25, -0.2) is 0 Å². The van der Waals surface area contributed by atoms with Gasteiger partial charge in [-0.3, -0.25) is 9.78 Å². The average molecular weight is 214 g/mol. The molecule has 1 aliphatic heterocycles. The Morgan fingerprint density at radius 3 is 3.06 bits per heavy atom. The number of pyridine rings is 1. The number of carboxylic acid groups (broad SMARTS) is 1. The predicted molar refractivity (Wildman–Crippen MR) is 60.6 cm³/mol. The van der Waals surface area contributed by atoms with Crippen LogP contribution in [0.4, 0.5) is 5.69 Å². The molecule has 0 bridgehead atoms. The van der Waals surface area contributed by atoms with Crippen molar-refractivity contribution in [2.45, 2.75) is 5.92 Å². The van der Waals surface area contributed by atoms with Gasteiger partial charge in [-0.15, -0.1) is 0 Å². The number of rotatable bonds is 1. The van der Waals surface area contributed by atoms with Crippen molar-refractivity contribution in [3.05, 3.63) is 36.0 Å². The van der Waals surface area contributed by atoms with Gasteiger partial charge in [0.25, 0.3) is 0 Å². The molecule has 0 aliphatic carbocycles. The highest BCUT2D eigenvalue weighted by Gasteiger charge is 2.30. The van der Waals surface area contributed by atoms with Gasteiger partial charge in [-0.05, 0) is 6.07 Å². The van der Waals surface area contributed by atoms with Crippen molar-refractivity contribution in [1.29, 1.82) is 0 Å². The summed E-state index contributed by atoms with van der Waals surface area (Å²) in [5.74, 6) is -1.26. The number of hydrogen-bond donors (Lipinski definition) is 2. The monoisotopic (exact) mass is 214 g/mol. The Morgan fingerprint density at radius 2 is 2.25 bits per heavy atom. The van der Waals surface area contributed by atoms with E-state index >= 15 is 0 Å². The molecule has 0 spiro atoms. The lowest BCUT2D eigenvalue weighted by atomic mass is 9.98. The van der Waals surface area contributed by atoms with Crippen molar-refractivity contribution in [2.24, 2.45) is 0 Å². The lowest BCUT2D eigenvalue weighted by Gasteiger charge is -2.07. The number of benzene rings is 1. The summed E-state index contributed by atoms with van der Waals surface area (Å²) in [7, 11) is 0. The number of nitrogens with zero attached hydrogens (tertiary/aromatic N) is 1. The molecule has 0 saturated carbocycles. The standard InChI is InChI=1S/C12H10N2O2/c15-12(16)8-5-13-10-6-14-9-4-2-1-3-7(9)11(8)10/h1-4,6,8,13H,5H2,(H,15,16). The molecular formula is C12H10N2O2. The third kappa shape index (κ3) is 1.16. The van der Waals surface area contributed by atoms with E-state index < -0.39 is 11.9 Å². The zero-order chi connectivity index (χ0) is 11.1. The lowest BCUT2D eigenvalue weighted by molar-refractivity contribution is -0.138. The highest BCUT2D eigenvalue weighted by Crippen LogP contribution is 2.36. The number of hydrogen-bond acceptors (Lipinski definition) is 3. The van der Waals surface area contributed by atoms with E-state index in [0.29, 0.717) is 6.54 Å². The quantitative estimate of drug-likeness (QED) is 0.760. The molecule has 0 amide bonds. The minimum absolute atomic E-state index is 0.445. The third-order valence-corrected chi connectivity index (χ3v) is 2.96. The van der Waals surface area contributed by atoms with Crippen LogP contribution in [0.5, 0.6) is 0 Å². The molecule has 16 heavy (non-hydrogen) atoms. The van der Waals surface area contributed by atoms with E-state index in [1.165, 1.54) is 0 Å². The number of aromatic nitrogens is 1. The topological polar surface area (TPSA) is 62.2 Å². The first-order chi connectivity index (χ1) is 7.77. The number of nitrogens with one attached hydrogen (secondary N) is 1. The second-order valence-electron chi connectivity index (χ2n) is 3.87. The maximum atomic E-state index is 11.1. The van der Waals surface area contributed by atoms with Crippen LogP contribution in [0.15, 0.2) is 30.5 Å². The molecule has 2 heterocycles. The molecule has 4 nitrogen and oxygen atoms in total. The second kappa shape index (κ2) is 3.20. The summed E-state index contributed by atoms with van der Waals surface area (Å²) < 4.78 is 0. The summed E-state index contributed by atoms with van der Waals surface area (Å²) >= 11 is 0. The van der Waals surface area contributed by atoms with Crippen molar-refractivity contribution in [3.63, 3.8) is 0 Å². The minimum atomic E-state index is -0.789. The summed E-state index contributed by atoms with van der Waals surface area (Å²) in [5.41, 5.74) is 2.54. The van der Waals surface area contributed by atoms with Gasteiger partial charge in [0.2, 0.25) is 0 Å². The fraction of sp³-hybridized carbons (Fsp3) is 0.167. The van der Waals surface area contributed by atoms with Crippen LogP contribution in [0.1, 0.15) is 11.5 Å². The molecule has 4 heteroatoms. The Hall–Kier alpha value is -2.10. The summed E-state index contributed by atoms with van der Waals surface area (Å²) in [6.45, 7) is 0.445. The minimum Gasteiger partial charge on any atom is -0.481 e. The summed E-state index contributed by atoms with van der Waals surface area (Å²) in [6, 6.07) is 7.62. The van der Waals surface area contributed by atoms with Gasteiger partial charge in [0.05, 0.1) is 17.4 Å². The third-order valence-electron chi connectivity index (χ3n) is 2.96. The van der Waals surface area contributed by atoms with Gasteiger partial charge in [-0.2, -0.15) is 0 Å². The van der Waals surface area contributed by atoms with E-state index in [1.807, 2.05) is 24.3 Å². The van der Waals surface area contributed by atoms with Gasteiger partial charge in [-0.1, -0.05) is 18.2 Å². The zero-order valence-corrected chi connectivity index (χ0v) is 8.47. The van der Waals surface area contributed by atoms with Crippen LogP contribution in [-0.2, 0) is 4.79 Å². The Kier molecular flexibility index (Phi) is 1.83. The average Bonchev–Trinajstić information content (AvgIpc) is 2.73. The van der Waals surface area contributed by atoms with E-state index in [-0.39, 0.29) is 0 Å². The van der Waals surface area contributed by atoms with E-state index in [2.05, 4.69) is 10.3 Å². The second-order valence-corrected chi connectivity index (χ2v) is 3.87. The van der Waals surface area contributed by atoms with E-state index in [9.17, 15) is 4.79 Å². The number of para-hydroxylation sites is 1. The van der Waals surface area contributed by atoms with Gasteiger partial charge in [0.15, 0.2) is 0 Å². The first-order valence-electron chi connectivity index (χ1n) is 5.11. The number of anilines is 1. The van der Waals surface area contributed by atoms with Crippen molar-refractivity contribution >= 4 is 22.6 Å². The first-order valence-corrected chi connectivity index (χ1v) is 5.11. The van der Waals surface area contributed by atoms with Gasteiger partial charge in [0, 0.05) is 17.5 Å². The van der Waals surface area contributed by atoms with E-state index in [4.69, 9.17) is 5.11 Å². The van der Waals surface area contributed by atoms with Crippen molar-refractivity contribution in [3.8, 4) is 0 Å². The molecule has 80 valence electrons. The van der Waals surface area contributed by atoms with Crippen LogP contribution in [0, 0.1) is 0 Å². The lowest BCUT2D eigenvalue weighted by Crippen LogP contribution is -2.13. The van der Waals surface area contributed by atoms with Crippen molar-refractivity contribution in [2.75, 3.05) is 11.9 Å². The molecule has 3 rings (SSSR count). The Morgan fingerprint density at radius 1 is 1.44 bits per heavy atom. The highest BCUT2D eigenvalue weighted by molar-refractivity contribution is 5.94. The fourth-order valence-electron chi connectivity index (χ4n) is 2.20. The molecular weight excluding hydrogens is 204 g/mol. The number of carboxylic acids is 1. The normalized spacial score (nSPS) is 18.1. The largest absolute Gasteiger partial charge is 0.481 e. The Labute approximate surface area is 91.9 Å². The number of aliphatic carboxylic acids is 1. The van der Waals surface area contributed by atoms with Crippen molar-refractivity contribution < 1.29 is 9.90 Å². The Bertz CT molecular complexity index is 580. The number of fused-ring (bicyclic) bond motifs is 3. The fourth-order valence-corrected chi connectivity index (χ4v) is 2.20. The van der Waals surface area contributed by atoms with Gasteiger partial charge < -0.3 is 10.4 Å². The van der Waals surface area contributed by atoms with Crippen molar-refractivity contribution in [1.82, 2.24) is 4.98 Å².